The second kappa shape index (κ2) is 25.8. The monoisotopic (exact) mass is 502 g/mol. The predicted molar refractivity (Wildman–Crippen MR) is 64.9 cm³/mol. The summed E-state index contributed by atoms with van der Waals surface area (Å²) in [4.78, 5) is 51.3. The van der Waals surface area contributed by atoms with Crippen molar-refractivity contribution < 1.29 is 73.5 Å². The Kier molecular flexibility index (Phi) is 58.6. The molecule has 0 aromatic carbocycles. The van der Waals surface area contributed by atoms with E-state index in [0.717, 1.165) is 0 Å². The summed E-state index contributed by atoms with van der Waals surface area (Å²) in [5, 5.41) is 0. The molecule has 0 aliphatic rings. The Morgan fingerprint density at radius 3 is 0.440 bits per heavy atom. The summed E-state index contributed by atoms with van der Waals surface area (Å²) in [5.41, 5.74) is 0. The molecule has 0 unspecified atom stereocenters. The van der Waals surface area contributed by atoms with Crippen molar-refractivity contribution in [1.29, 1.82) is 0 Å². The Morgan fingerprint density at radius 1 is 0.440 bits per heavy atom. The van der Waals surface area contributed by atoms with Gasteiger partial charge >= 0.3 is 115 Å². The van der Waals surface area contributed by atoms with Crippen LogP contribution in [0, 0.1) is 0 Å². The molecule has 0 aliphatic carbocycles. The van der Waals surface area contributed by atoms with Gasteiger partial charge in [-0.2, -0.15) is 15.6 Å². The van der Waals surface area contributed by atoms with Gasteiger partial charge in [0.1, 0.15) is 0 Å². The van der Waals surface area contributed by atoms with Gasteiger partial charge in [0.2, 0.25) is 0 Å². The first-order chi connectivity index (χ1) is 8.00. The maximum atomic E-state index is 8.55. The van der Waals surface area contributed by atoms with Crippen LogP contribution >= 0.6 is 15.6 Å². The van der Waals surface area contributed by atoms with Crippen LogP contribution in [0.25, 0.3) is 0 Å². The Hall–Kier alpha value is 3.79. The molecule has 0 aliphatic heterocycles. The molecule has 0 amide bonds. The molecule has 0 radical (unpaired) electrons. The minimum absolute atomic E-state index is 0. The second-order valence-corrected chi connectivity index (χ2v) is 5.13. The largest absolute Gasteiger partial charge is 2.00 e. The summed E-state index contributed by atoms with van der Waals surface area (Å²) in [6.45, 7) is 0. The summed E-state index contributed by atoms with van der Waals surface area (Å²) in [5.74, 6) is 0. The van der Waals surface area contributed by atoms with Crippen LogP contribution in [-0.4, -0.2) is 150 Å². The minimum atomic E-state index is -5.39. The fraction of sp³-hybridized carbons (Fsp3) is 0. The van der Waals surface area contributed by atoms with E-state index in [9.17, 15) is 0 Å². The number of hydrogen-bond acceptors (Lipinski definition) is 16. The summed E-state index contributed by atoms with van der Waals surface area (Å²) in [6.07, 6.45) is 0. The summed E-state index contributed by atoms with van der Waals surface area (Å²) in [6, 6.07) is 0. The van der Waals surface area contributed by atoms with E-state index in [-0.39, 0.29) is 115 Å². The molecule has 0 heterocycles. The van der Waals surface area contributed by atoms with Crippen molar-refractivity contribution in [3.05, 3.63) is 0 Å². The quantitative estimate of drug-likeness (QED) is 0.128. The molecule has 0 atom stereocenters. The zero-order valence-electron chi connectivity index (χ0n) is 11.8. The van der Waals surface area contributed by atoms with Crippen molar-refractivity contribution >= 4 is 152 Å². The molecule has 0 aromatic heterocycles. The van der Waals surface area contributed by atoms with Crippen LogP contribution in [0.2, 0.25) is 0 Å². The fourth-order valence-corrected chi connectivity index (χ4v) is 0. The molecular weight excluding hydrogens is 504 g/mol. The van der Waals surface area contributed by atoms with Crippen LogP contribution in [0.1, 0.15) is 0 Å². The second-order valence-electron chi connectivity index (χ2n) is 1.71. The van der Waals surface area contributed by atoms with Gasteiger partial charge < -0.3 is 56.7 Å². The molecule has 0 aromatic rings. The van der Waals surface area contributed by atoms with Gasteiger partial charge in [-0.25, -0.2) is 0 Å². The van der Waals surface area contributed by atoms with E-state index in [1.54, 1.807) is 0 Å². The SMILES string of the molecule is O=P([O-])([O-])[O-].O=P([O-])([O-])[O-].O=S(=O)([O-])[O-].O=S(=O)([O-])[O-].[Mg+2].[Mg+2].[Mg+2].[Mg+2].[Mg+2]. The van der Waals surface area contributed by atoms with Crippen LogP contribution in [0.4, 0.5) is 0 Å². The van der Waals surface area contributed by atoms with E-state index >= 15 is 0 Å². The van der Waals surface area contributed by atoms with Crippen molar-refractivity contribution in [3.63, 3.8) is 0 Å². The summed E-state index contributed by atoms with van der Waals surface area (Å²) >= 11 is 0. The average Bonchev–Trinajstić information content (AvgIpc) is 1.62. The van der Waals surface area contributed by atoms with Gasteiger partial charge in [-0.1, -0.05) is 0 Å². The maximum absolute atomic E-state index is 8.55. The van der Waals surface area contributed by atoms with Gasteiger partial charge in [-0.05, 0) is 0 Å². The van der Waals surface area contributed by atoms with Gasteiger partial charge in [-0.15, -0.1) is 0 Å². The van der Waals surface area contributed by atoms with E-state index in [2.05, 4.69) is 0 Å². The van der Waals surface area contributed by atoms with Crippen LogP contribution in [0.15, 0.2) is 0 Å². The van der Waals surface area contributed by atoms with Gasteiger partial charge in [0.15, 0.2) is 0 Å². The Morgan fingerprint density at radius 2 is 0.440 bits per heavy atom. The van der Waals surface area contributed by atoms with Crippen molar-refractivity contribution in [2.24, 2.45) is 0 Å². The molecule has 128 valence electrons. The van der Waals surface area contributed by atoms with Gasteiger partial charge in [0, 0.05) is 20.8 Å². The number of rotatable bonds is 0. The molecule has 0 fully saturated rings. The van der Waals surface area contributed by atoms with E-state index in [0.29, 0.717) is 0 Å². The third-order valence-corrected chi connectivity index (χ3v) is 0. The maximum Gasteiger partial charge on any atom is 2.00 e. The van der Waals surface area contributed by atoms with Crippen LogP contribution in [-0.2, 0) is 29.9 Å². The molecular formula is Mg5O16P2S2. The summed E-state index contributed by atoms with van der Waals surface area (Å²) in [7, 11) is -21.1. The van der Waals surface area contributed by atoms with E-state index in [1.165, 1.54) is 0 Å². The fourth-order valence-electron chi connectivity index (χ4n) is 0. The Labute approximate surface area is 222 Å². The third kappa shape index (κ3) is 1290. The standard InChI is InChI=1S/5Mg.2H3O4P.2H2O4S/c;;;;;4*1-5(2,3)4/h;;;;;2*(H3,1,2,3,4);2*(H2,1,2,3,4)/q5*+2;;;;/p-10. The van der Waals surface area contributed by atoms with Crippen molar-refractivity contribution in [2.45, 2.75) is 0 Å². The average molecular weight is 504 g/mol. The predicted octanol–water partition coefficient (Wildman–Crippen LogP) is -10.2. The smallest absolute Gasteiger partial charge is 0.822 e. The zero-order chi connectivity index (χ0) is 18.0. The van der Waals surface area contributed by atoms with Gasteiger partial charge in [-0.3, -0.25) is 16.8 Å². The normalized spacial score (nSPS) is 9.36. The van der Waals surface area contributed by atoms with Crippen LogP contribution in [0.3, 0.4) is 0 Å². The molecule has 0 N–H and O–H groups in total. The molecule has 0 spiro atoms. The minimum Gasteiger partial charge on any atom is -0.822 e. The number of phosphoric acid groups is 2. The van der Waals surface area contributed by atoms with Crippen molar-refractivity contribution in [3.8, 4) is 0 Å². The van der Waals surface area contributed by atoms with Crippen molar-refractivity contribution in [1.82, 2.24) is 0 Å². The first-order valence-corrected chi connectivity index (χ1v) is 8.38. The first kappa shape index (κ1) is 56.8. The van der Waals surface area contributed by atoms with E-state index in [1.807, 2.05) is 0 Å². The molecule has 16 nitrogen and oxygen atoms in total. The summed E-state index contributed by atoms with van der Waals surface area (Å²) < 4.78 is 85.3. The Bertz CT molecular complexity index is 442. The van der Waals surface area contributed by atoms with Gasteiger partial charge in [0.05, 0.1) is 0 Å². The third-order valence-electron chi connectivity index (χ3n) is 0. The topological polar surface area (TPSA) is 333 Å². The van der Waals surface area contributed by atoms with E-state index in [4.69, 9.17) is 73.5 Å². The molecule has 25 heteroatoms. The molecule has 25 heavy (non-hydrogen) atoms. The molecule has 0 bridgehead atoms. The van der Waals surface area contributed by atoms with Crippen LogP contribution < -0.4 is 29.4 Å². The van der Waals surface area contributed by atoms with Crippen molar-refractivity contribution in [2.75, 3.05) is 0 Å². The van der Waals surface area contributed by atoms with Crippen LogP contribution in [0.5, 0.6) is 0 Å². The molecule has 0 saturated heterocycles. The zero-order valence-corrected chi connectivity index (χ0v) is 22.3. The molecule has 0 rings (SSSR count). The van der Waals surface area contributed by atoms with Gasteiger partial charge in [0.25, 0.3) is 0 Å². The van der Waals surface area contributed by atoms with E-state index < -0.39 is 36.4 Å². The first-order valence-electron chi connectivity index (χ1n) is 2.79. The Balaban J connectivity index is -0.0000000183. The molecule has 0 saturated carbocycles. The number of hydrogen-bond donors (Lipinski definition) is 0.